The van der Waals surface area contributed by atoms with Gasteiger partial charge >= 0.3 is 0 Å². The van der Waals surface area contributed by atoms with Gasteiger partial charge in [-0.15, -0.1) is 0 Å². The third-order valence-electron chi connectivity index (χ3n) is 2.98. The van der Waals surface area contributed by atoms with Gasteiger partial charge in [0.15, 0.2) is 0 Å². The molecule has 0 saturated carbocycles. The number of rotatable bonds is 2. The van der Waals surface area contributed by atoms with Crippen LogP contribution in [0.15, 0.2) is 0 Å². The van der Waals surface area contributed by atoms with Crippen molar-refractivity contribution >= 4 is 5.91 Å². The van der Waals surface area contributed by atoms with Gasteiger partial charge in [-0.25, -0.2) is 0 Å². The molecule has 0 spiro atoms. The van der Waals surface area contributed by atoms with E-state index in [4.69, 9.17) is 4.74 Å². The third-order valence-corrected chi connectivity index (χ3v) is 2.98. The summed E-state index contributed by atoms with van der Waals surface area (Å²) in [5.74, 6) is 0.456. The van der Waals surface area contributed by atoms with Gasteiger partial charge in [0, 0.05) is 19.1 Å². The molecule has 2 heterocycles. The SMILES string of the molecule is O=C1NCCC1CC1CCCCO1. The van der Waals surface area contributed by atoms with Crippen LogP contribution in [0.4, 0.5) is 0 Å². The topological polar surface area (TPSA) is 38.3 Å². The second-order valence-electron chi connectivity index (χ2n) is 4.00. The first kappa shape index (κ1) is 9.00. The number of hydrogen-bond acceptors (Lipinski definition) is 2. The van der Waals surface area contributed by atoms with Crippen LogP contribution in [0.25, 0.3) is 0 Å². The minimum Gasteiger partial charge on any atom is -0.378 e. The van der Waals surface area contributed by atoms with Crippen molar-refractivity contribution in [2.24, 2.45) is 5.92 Å². The largest absolute Gasteiger partial charge is 0.378 e. The Labute approximate surface area is 78.8 Å². The predicted octanol–water partition coefficient (Wildman–Crippen LogP) is 1.08. The monoisotopic (exact) mass is 183 g/mol. The fraction of sp³-hybridized carbons (Fsp3) is 0.900. The first-order valence-electron chi connectivity index (χ1n) is 5.25. The summed E-state index contributed by atoms with van der Waals surface area (Å²) in [5.41, 5.74) is 0. The Balaban J connectivity index is 1.79. The summed E-state index contributed by atoms with van der Waals surface area (Å²) in [6.07, 6.45) is 5.88. The Morgan fingerprint density at radius 1 is 1.38 bits per heavy atom. The molecule has 74 valence electrons. The zero-order valence-electron chi connectivity index (χ0n) is 7.92. The second-order valence-corrected chi connectivity index (χ2v) is 4.00. The summed E-state index contributed by atoms with van der Waals surface area (Å²) in [5, 5.41) is 2.86. The van der Waals surface area contributed by atoms with E-state index in [1.165, 1.54) is 12.8 Å². The molecule has 2 rings (SSSR count). The van der Waals surface area contributed by atoms with Crippen LogP contribution < -0.4 is 5.32 Å². The number of hydrogen-bond donors (Lipinski definition) is 1. The van der Waals surface area contributed by atoms with Gasteiger partial charge in [0.1, 0.15) is 0 Å². The van der Waals surface area contributed by atoms with Crippen LogP contribution >= 0.6 is 0 Å². The van der Waals surface area contributed by atoms with E-state index < -0.39 is 0 Å². The summed E-state index contributed by atoms with van der Waals surface area (Å²) < 4.78 is 5.61. The molecular weight excluding hydrogens is 166 g/mol. The van der Waals surface area contributed by atoms with Crippen molar-refractivity contribution < 1.29 is 9.53 Å². The Hall–Kier alpha value is -0.570. The zero-order valence-corrected chi connectivity index (χ0v) is 7.92. The van der Waals surface area contributed by atoms with Gasteiger partial charge in [-0.05, 0) is 32.1 Å². The van der Waals surface area contributed by atoms with Gasteiger partial charge in [0.05, 0.1) is 6.10 Å². The Kier molecular flexibility index (Phi) is 2.83. The van der Waals surface area contributed by atoms with E-state index in [1.54, 1.807) is 0 Å². The zero-order chi connectivity index (χ0) is 9.10. The van der Waals surface area contributed by atoms with Crippen molar-refractivity contribution in [2.75, 3.05) is 13.2 Å². The van der Waals surface area contributed by atoms with Crippen molar-refractivity contribution in [2.45, 2.75) is 38.2 Å². The molecular formula is C10H17NO2. The van der Waals surface area contributed by atoms with Gasteiger partial charge in [0.25, 0.3) is 0 Å². The van der Waals surface area contributed by atoms with Crippen molar-refractivity contribution in [1.29, 1.82) is 0 Å². The Morgan fingerprint density at radius 2 is 2.31 bits per heavy atom. The van der Waals surface area contributed by atoms with Gasteiger partial charge in [-0.2, -0.15) is 0 Å². The molecule has 0 aliphatic carbocycles. The van der Waals surface area contributed by atoms with E-state index in [2.05, 4.69) is 5.32 Å². The molecule has 1 amide bonds. The molecule has 0 aromatic rings. The summed E-state index contributed by atoms with van der Waals surface area (Å²) in [6.45, 7) is 1.75. The standard InChI is InChI=1S/C10H17NO2/c12-10-8(4-5-11-10)7-9-3-1-2-6-13-9/h8-9H,1-7H2,(H,11,12). The molecule has 2 fully saturated rings. The lowest BCUT2D eigenvalue weighted by Gasteiger charge is -2.24. The lowest BCUT2D eigenvalue weighted by molar-refractivity contribution is -0.123. The molecule has 0 aromatic heterocycles. The van der Waals surface area contributed by atoms with Crippen molar-refractivity contribution in [1.82, 2.24) is 5.32 Å². The Bertz CT molecular complexity index is 187. The predicted molar refractivity (Wildman–Crippen MR) is 49.3 cm³/mol. The normalized spacial score (nSPS) is 34.6. The molecule has 3 nitrogen and oxygen atoms in total. The van der Waals surface area contributed by atoms with E-state index in [-0.39, 0.29) is 11.8 Å². The molecule has 2 aliphatic heterocycles. The highest BCUT2D eigenvalue weighted by atomic mass is 16.5. The van der Waals surface area contributed by atoms with Gasteiger partial charge < -0.3 is 10.1 Å². The minimum absolute atomic E-state index is 0.225. The van der Waals surface area contributed by atoms with Crippen molar-refractivity contribution in [3.05, 3.63) is 0 Å². The highest BCUT2D eigenvalue weighted by molar-refractivity contribution is 5.80. The lowest BCUT2D eigenvalue weighted by atomic mass is 9.96. The summed E-state index contributed by atoms with van der Waals surface area (Å²) in [7, 11) is 0. The summed E-state index contributed by atoms with van der Waals surface area (Å²) in [4.78, 5) is 11.3. The van der Waals surface area contributed by atoms with Crippen LogP contribution in [0.2, 0.25) is 0 Å². The Morgan fingerprint density at radius 3 is 2.92 bits per heavy atom. The number of carbonyl (C=O) groups is 1. The molecule has 0 bridgehead atoms. The number of ether oxygens (including phenoxy) is 1. The molecule has 1 N–H and O–H groups in total. The highest BCUT2D eigenvalue weighted by Crippen LogP contribution is 2.23. The molecule has 2 saturated heterocycles. The molecule has 2 unspecified atom stereocenters. The molecule has 0 aromatic carbocycles. The average Bonchev–Trinajstić information content (AvgIpc) is 2.54. The van der Waals surface area contributed by atoms with Crippen LogP contribution in [0.5, 0.6) is 0 Å². The molecule has 2 aliphatic rings. The molecule has 3 heteroatoms. The van der Waals surface area contributed by atoms with Crippen molar-refractivity contribution in [3.8, 4) is 0 Å². The third kappa shape index (κ3) is 2.21. The fourth-order valence-corrected chi connectivity index (χ4v) is 2.18. The molecule has 0 radical (unpaired) electrons. The van der Waals surface area contributed by atoms with Crippen LogP contribution in [-0.2, 0) is 9.53 Å². The number of carbonyl (C=O) groups excluding carboxylic acids is 1. The van der Waals surface area contributed by atoms with E-state index in [0.717, 1.165) is 32.4 Å². The fourth-order valence-electron chi connectivity index (χ4n) is 2.18. The van der Waals surface area contributed by atoms with Gasteiger partial charge in [0.2, 0.25) is 5.91 Å². The maximum atomic E-state index is 11.3. The van der Waals surface area contributed by atoms with E-state index in [9.17, 15) is 4.79 Å². The smallest absolute Gasteiger partial charge is 0.223 e. The van der Waals surface area contributed by atoms with E-state index >= 15 is 0 Å². The van der Waals surface area contributed by atoms with Crippen LogP contribution in [0, 0.1) is 5.92 Å². The highest BCUT2D eigenvalue weighted by Gasteiger charge is 2.28. The molecule has 13 heavy (non-hydrogen) atoms. The maximum Gasteiger partial charge on any atom is 0.223 e. The van der Waals surface area contributed by atoms with Crippen LogP contribution in [-0.4, -0.2) is 25.2 Å². The van der Waals surface area contributed by atoms with Crippen molar-refractivity contribution in [3.63, 3.8) is 0 Å². The first-order valence-corrected chi connectivity index (χ1v) is 5.25. The maximum absolute atomic E-state index is 11.3. The average molecular weight is 183 g/mol. The lowest BCUT2D eigenvalue weighted by Crippen LogP contribution is -2.26. The van der Waals surface area contributed by atoms with Crippen LogP contribution in [0.3, 0.4) is 0 Å². The summed E-state index contributed by atoms with van der Waals surface area (Å²) >= 11 is 0. The first-order chi connectivity index (χ1) is 6.36. The minimum atomic E-state index is 0.225. The molecule has 2 atom stereocenters. The van der Waals surface area contributed by atoms with Gasteiger partial charge in [-0.3, -0.25) is 4.79 Å². The second kappa shape index (κ2) is 4.09. The van der Waals surface area contributed by atoms with Crippen LogP contribution in [0.1, 0.15) is 32.1 Å². The quantitative estimate of drug-likeness (QED) is 0.695. The number of amides is 1. The summed E-state index contributed by atoms with van der Waals surface area (Å²) in [6, 6.07) is 0. The van der Waals surface area contributed by atoms with E-state index in [1.807, 2.05) is 0 Å². The van der Waals surface area contributed by atoms with Gasteiger partial charge in [-0.1, -0.05) is 0 Å². The van der Waals surface area contributed by atoms with E-state index in [0.29, 0.717) is 6.10 Å². The number of nitrogens with one attached hydrogen (secondary N) is 1.